The van der Waals surface area contributed by atoms with Gasteiger partial charge in [0.05, 0.1) is 29.9 Å². The van der Waals surface area contributed by atoms with Crippen molar-refractivity contribution in [2.75, 3.05) is 13.2 Å². The van der Waals surface area contributed by atoms with Crippen molar-refractivity contribution in [2.24, 2.45) is 5.92 Å². The van der Waals surface area contributed by atoms with Crippen LogP contribution in [0.2, 0.25) is 0 Å². The van der Waals surface area contributed by atoms with Crippen LogP contribution in [-0.2, 0) is 4.74 Å². The van der Waals surface area contributed by atoms with Crippen LogP contribution in [0.25, 0.3) is 0 Å². The van der Waals surface area contributed by atoms with Gasteiger partial charge in [0.15, 0.2) is 0 Å². The number of ether oxygens (including phenoxy) is 2. The van der Waals surface area contributed by atoms with Gasteiger partial charge in [-0.15, -0.1) is 0 Å². The molecule has 4 nitrogen and oxygen atoms in total. The summed E-state index contributed by atoms with van der Waals surface area (Å²) in [6.45, 7) is 4.60. The average molecular weight is 410 g/mol. The number of halogens is 1. The van der Waals surface area contributed by atoms with E-state index >= 15 is 0 Å². The first kappa shape index (κ1) is 20.8. The maximum absolute atomic E-state index is 13.5. The van der Waals surface area contributed by atoms with Crippen molar-refractivity contribution in [2.45, 2.75) is 56.7 Å². The van der Waals surface area contributed by atoms with Crippen molar-refractivity contribution in [3.8, 4) is 11.8 Å². The zero-order valence-electron chi connectivity index (χ0n) is 17.5. The third kappa shape index (κ3) is 3.82. The molecule has 2 aromatic carbocycles. The summed E-state index contributed by atoms with van der Waals surface area (Å²) >= 11 is 0. The summed E-state index contributed by atoms with van der Waals surface area (Å²) in [7, 11) is 0. The van der Waals surface area contributed by atoms with Gasteiger partial charge in [0.2, 0.25) is 0 Å². The number of aliphatic hydroxyl groups is 1. The van der Waals surface area contributed by atoms with Crippen molar-refractivity contribution in [3.63, 3.8) is 0 Å². The highest BCUT2D eigenvalue weighted by Crippen LogP contribution is 2.56. The van der Waals surface area contributed by atoms with Gasteiger partial charge in [-0.2, -0.15) is 5.26 Å². The van der Waals surface area contributed by atoms with Crippen LogP contribution in [0.4, 0.5) is 4.39 Å². The summed E-state index contributed by atoms with van der Waals surface area (Å²) < 4.78 is 26.0. The lowest BCUT2D eigenvalue weighted by Gasteiger charge is -2.33. The highest BCUT2D eigenvalue weighted by molar-refractivity contribution is 5.45. The minimum absolute atomic E-state index is 0.0155. The molecule has 0 aromatic heterocycles. The number of benzene rings is 2. The van der Waals surface area contributed by atoms with Gasteiger partial charge in [0.25, 0.3) is 0 Å². The van der Waals surface area contributed by atoms with Gasteiger partial charge in [-0.1, -0.05) is 12.1 Å². The Morgan fingerprint density at radius 2 is 2.03 bits per heavy atom. The Morgan fingerprint density at radius 3 is 2.70 bits per heavy atom. The Kier molecular flexibility index (Phi) is 5.81. The molecule has 30 heavy (non-hydrogen) atoms. The molecule has 1 aliphatic heterocycles. The van der Waals surface area contributed by atoms with Crippen LogP contribution >= 0.6 is 0 Å². The smallest absolute Gasteiger partial charge is 0.123 e. The number of aliphatic hydroxyl groups excluding tert-OH is 1. The highest BCUT2D eigenvalue weighted by Gasteiger charge is 2.54. The van der Waals surface area contributed by atoms with E-state index in [0.29, 0.717) is 12.2 Å². The lowest BCUT2D eigenvalue weighted by atomic mass is 9.76. The van der Waals surface area contributed by atoms with E-state index in [0.717, 1.165) is 36.1 Å². The standard InChI is InChI=1S/C25H28FNO3/c1-16(2)30-23-8-3-17(13-27)11-22(23)20-12-25(29-15-20)10-9-19(14-28)24(25)18-4-6-21(26)7-5-18/h3-8,11,16,19-20,24,28H,9-10,12,14-15H2,1-2H3/t19-,20-,24-,25-/m1/s1. The highest BCUT2D eigenvalue weighted by atomic mass is 19.1. The molecule has 1 aliphatic carbocycles. The zero-order valence-corrected chi connectivity index (χ0v) is 17.5. The minimum atomic E-state index is -0.395. The van der Waals surface area contributed by atoms with E-state index in [1.807, 2.05) is 38.1 Å². The summed E-state index contributed by atoms with van der Waals surface area (Å²) in [4.78, 5) is 0. The first-order chi connectivity index (χ1) is 14.5. The number of hydrogen-bond acceptors (Lipinski definition) is 4. The maximum Gasteiger partial charge on any atom is 0.123 e. The van der Waals surface area contributed by atoms with Crippen LogP contribution < -0.4 is 4.74 Å². The van der Waals surface area contributed by atoms with Gasteiger partial charge >= 0.3 is 0 Å². The number of nitriles is 1. The Labute approximate surface area is 177 Å². The van der Waals surface area contributed by atoms with E-state index in [1.165, 1.54) is 12.1 Å². The van der Waals surface area contributed by atoms with Crippen LogP contribution in [0.1, 0.15) is 61.6 Å². The Bertz CT molecular complexity index is 936. The fourth-order valence-electron chi connectivity index (χ4n) is 5.31. The molecule has 1 saturated carbocycles. The normalized spacial score (nSPS) is 28.2. The molecule has 1 saturated heterocycles. The molecule has 4 rings (SSSR count). The van der Waals surface area contributed by atoms with Crippen molar-refractivity contribution < 1.29 is 19.0 Å². The molecule has 0 bridgehead atoms. The molecule has 158 valence electrons. The van der Waals surface area contributed by atoms with Gasteiger partial charge in [-0.05, 0) is 74.9 Å². The second-order valence-corrected chi connectivity index (χ2v) is 8.82. The van der Waals surface area contributed by atoms with Crippen molar-refractivity contribution in [3.05, 3.63) is 65.0 Å². The largest absolute Gasteiger partial charge is 0.491 e. The number of nitrogens with zero attached hydrogens (tertiary/aromatic N) is 1. The van der Waals surface area contributed by atoms with Crippen molar-refractivity contribution in [1.29, 1.82) is 5.26 Å². The Hall–Kier alpha value is -2.42. The summed E-state index contributed by atoms with van der Waals surface area (Å²) in [5.41, 5.74) is 2.23. The molecule has 1 heterocycles. The lowest BCUT2D eigenvalue weighted by molar-refractivity contribution is -0.0122. The second kappa shape index (κ2) is 8.37. The first-order valence-electron chi connectivity index (χ1n) is 10.7. The maximum atomic E-state index is 13.5. The SMILES string of the molecule is CC(C)Oc1ccc(C#N)cc1[C@H]1CO[C@]2(CC[C@H](CO)[C@H]2c2ccc(F)cc2)C1. The Balaban J connectivity index is 1.67. The molecule has 0 unspecified atom stereocenters. The van der Waals surface area contributed by atoms with Crippen LogP contribution in [0, 0.1) is 23.1 Å². The molecule has 4 atom stereocenters. The van der Waals surface area contributed by atoms with E-state index in [1.54, 1.807) is 6.07 Å². The van der Waals surface area contributed by atoms with Crippen LogP contribution in [-0.4, -0.2) is 30.0 Å². The fourth-order valence-corrected chi connectivity index (χ4v) is 5.31. The second-order valence-electron chi connectivity index (χ2n) is 8.82. The minimum Gasteiger partial charge on any atom is -0.491 e. The molecule has 0 radical (unpaired) electrons. The fraction of sp³-hybridized carbons (Fsp3) is 0.480. The summed E-state index contributed by atoms with van der Waals surface area (Å²) in [6.07, 6.45) is 2.55. The predicted molar refractivity (Wildman–Crippen MR) is 112 cm³/mol. The van der Waals surface area contributed by atoms with Gasteiger partial charge in [0, 0.05) is 24.0 Å². The average Bonchev–Trinajstić information content (AvgIpc) is 3.33. The van der Waals surface area contributed by atoms with Gasteiger partial charge in [-0.3, -0.25) is 0 Å². The zero-order chi connectivity index (χ0) is 21.3. The van der Waals surface area contributed by atoms with E-state index in [2.05, 4.69) is 6.07 Å². The van der Waals surface area contributed by atoms with E-state index in [4.69, 9.17) is 9.47 Å². The molecular weight excluding hydrogens is 381 g/mol. The number of rotatable bonds is 5. The first-order valence-corrected chi connectivity index (χ1v) is 10.7. The molecular formula is C25H28FNO3. The van der Waals surface area contributed by atoms with Crippen LogP contribution in [0.3, 0.4) is 0 Å². The molecule has 5 heteroatoms. The lowest BCUT2D eigenvalue weighted by Crippen LogP contribution is -2.34. The predicted octanol–water partition coefficient (Wildman–Crippen LogP) is 4.91. The van der Waals surface area contributed by atoms with Crippen molar-refractivity contribution in [1.82, 2.24) is 0 Å². The molecule has 2 aromatic rings. The van der Waals surface area contributed by atoms with Crippen molar-refractivity contribution >= 4 is 0 Å². The summed E-state index contributed by atoms with van der Waals surface area (Å²) in [5, 5.41) is 19.4. The van der Waals surface area contributed by atoms with Crippen LogP contribution in [0.5, 0.6) is 5.75 Å². The van der Waals surface area contributed by atoms with Gasteiger partial charge in [-0.25, -0.2) is 4.39 Å². The van der Waals surface area contributed by atoms with Crippen LogP contribution in [0.15, 0.2) is 42.5 Å². The molecule has 2 aliphatic rings. The van der Waals surface area contributed by atoms with E-state index in [-0.39, 0.29) is 36.3 Å². The summed E-state index contributed by atoms with van der Waals surface area (Å²) in [6, 6.07) is 14.4. The molecule has 2 fully saturated rings. The quantitative estimate of drug-likeness (QED) is 0.762. The third-order valence-corrected chi connectivity index (χ3v) is 6.55. The van der Waals surface area contributed by atoms with Gasteiger partial charge < -0.3 is 14.6 Å². The summed E-state index contributed by atoms with van der Waals surface area (Å²) in [5.74, 6) is 0.741. The van der Waals surface area contributed by atoms with Gasteiger partial charge in [0.1, 0.15) is 11.6 Å². The molecule has 1 N–H and O–H groups in total. The Morgan fingerprint density at radius 1 is 1.27 bits per heavy atom. The third-order valence-electron chi connectivity index (χ3n) is 6.55. The molecule has 1 spiro atoms. The topological polar surface area (TPSA) is 62.5 Å². The van der Waals surface area contributed by atoms with E-state index < -0.39 is 5.60 Å². The van der Waals surface area contributed by atoms with E-state index in [9.17, 15) is 14.8 Å². The number of hydrogen-bond donors (Lipinski definition) is 1. The molecule has 0 amide bonds. The monoisotopic (exact) mass is 409 g/mol.